The van der Waals surface area contributed by atoms with Gasteiger partial charge in [0.25, 0.3) is 0 Å². The van der Waals surface area contributed by atoms with Crippen LogP contribution >= 0.6 is 11.6 Å². The smallest absolute Gasteiger partial charge is 0.158 e. The lowest BCUT2D eigenvalue weighted by atomic mass is 10.1. The fourth-order valence-electron chi connectivity index (χ4n) is 2.47. The summed E-state index contributed by atoms with van der Waals surface area (Å²) in [5.74, 6) is -0.397. The highest BCUT2D eigenvalue weighted by Crippen LogP contribution is 2.36. The molecule has 2 aromatic rings. The number of piperazine rings is 1. The maximum Gasteiger partial charge on any atom is 0.158 e. The summed E-state index contributed by atoms with van der Waals surface area (Å²) >= 11 is 5.95. The molecule has 0 spiro atoms. The minimum Gasteiger partial charge on any atom is -0.462 e. The maximum atomic E-state index is 13.9. The van der Waals surface area contributed by atoms with Crippen LogP contribution in [0.2, 0.25) is 5.02 Å². The second kappa shape index (κ2) is 4.44. The van der Waals surface area contributed by atoms with E-state index in [4.69, 9.17) is 16.0 Å². The Bertz CT molecular complexity index is 584. The number of halogens is 2. The molecule has 0 saturated carbocycles. The van der Waals surface area contributed by atoms with Crippen LogP contribution in [0, 0.1) is 5.82 Å². The van der Waals surface area contributed by atoms with E-state index in [-0.39, 0.29) is 5.02 Å². The lowest BCUT2D eigenvalue weighted by Gasteiger charge is -2.35. The van der Waals surface area contributed by atoms with E-state index < -0.39 is 5.82 Å². The number of nitrogens with zero attached hydrogens (tertiary/aromatic N) is 1. The number of hydrogen-bond acceptors (Lipinski definition) is 3. The van der Waals surface area contributed by atoms with Gasteiger partial charge in [-0.1, -0.05) is 11.6 Å². The van der Waals surface area contributed by atoms with Crippen LogP contribution in [0.4, 0.5) is 10.1 Å². The number of anilines is 1. The maximum absolute atomic E-state index is 13.9. The number of fused-ring (bicyclic) bond motifs is 1. The van der Waals surface area contributed by atoms with Crippen molar-refractivity contribution >= 4 is 28.3 Å². The highest BCUT2D eigenvalue weighted by molar-refractivity contribution is 6.35. The summed E-state index contributed by atoms with van der Waals surface area (Å²) in [5.41, 5.74) is 1.45. The van der Waals surface area contributed by atoms with E-state index in [9.17, 15) is 4.39 Å². The van der Waals surface area contributed by atoms with Crippen molar-refractivity contribution < 1.29 is 8.81 Å². The van der Waals surface area contributed by atoms with Gasteiger partial charge in [-0.05, 0) is 13.0 Å². The molecule has 0 amide bonds. The van der Waals surface area contributed by atoms with Crippen molar-refractivity contribution in [3.05, 3.63) is 29.2 Å². The second-order valence-corrected chi connectivity index (χ2v) is 4.98. The van der Waals surface area contributed by atoms with Gasteiger partial charge in [0.15, 0.2) is 5.58 Å². The van der Waals surface area contributed by atoms with E-state index in [1.165, 1.54) is 6.07 Å². The molecule has 1 fully saturated rings. The first-order valence-electron chi connectivity index (χ1n) is 6.01. The molecule has 1 aliphatic rings. The summed E-state index contributed by atoms with van der Waals surface area (Å²) in [6.07, 6.45) is 1.55. The van der Waals surface area contributed by atoms with Crippen LogP contribution in [-0.4, -0.2) is 25.7 Å². The van der Waals surface area contributed by atoms with Crippen molar-refractivity contribution in [1.82, 2.24) is 5.32 Å². The summed E-state index contributed by atoms with van der Waals surface area (Å²) in [5, 5.41) is 4.08. The molecule has 0 unspecified atom stereocenters. The minimum atomic E-state index is -0.397. The first-order valence-corrected chi connectivity index (χ1v) is 6.39. The van der Waals surface area contributed by atoms with Gasteiger partial charge in [-0.15, -0.1) is 0 Å². The summed E-state index contributed by atoms with van der Waals surface area (Å²) in [6, 6.07) is 3.47. The van der Waals surface area contributed by atoms with Gasteiger partial charge in [0.2, 0.25) is 0 Å². The fourth-order valence-corrected chi connectivity index (χ4v) is 2.67. The summed E-state index contributed by atoms with van der Waals surface area (Å²) in [6.45, 7) is 4.70. The molecule has 5 heteroatoms. The first kappa shape index (κ1) is 11.8. The van der Waals surface area contributed by atoms with Gasteiger partial charge in [0.1, 0.15) is 5.82 Å². The van der Waals surface area contributed by atoms with E-state index in [2.05, 4.69) is 17.1 Å². The van der Waals surface area contributed by atoms with Gasteiger partial charge >= 0.3 is 0 Å². The predicted octanol–water partition coefficient (Wildman–Crippen LogP) is 3.02. The molecule has 2 heterocycles. The van der Waals surface area contributed by atoms with Gasteiger partial charge in [-0.25, -0.2) is 4.39 Å². The molecule has 1 aromatic carbocycles. The summed E-state index contributed by atoms with van der Waals surface area (Å²) in [4.78, 5) is 2.15. The van der Waals surface area contributed by atoms with Crippen molar-refractivity contribution in [1.29, 1.82) is 0 Å². The van der Waals surface area contributed by atoms with Gasteiger partial charge in [0.05, 0.1) is 17.0 Å². The molecule has 0 bridgehead atoms. The van der Waals surface area contributed by atoms with Crippen LogP contribution < -0.4 is 10.2 Å². The third kappa shape index (κ3) is 1.76. The minimum absolute atomic E-state index is 0.130. The topological polar surface area (TPSA) is 28.4 Å². The standard InChI is InChI=1S/C13H14ClFN2O/c1-8-7-16-3-4-17(8)11-6-10(15)12(14)9-2-5-18-13(9)11/h2,5-6,8,16H,3-4,7H2,1H3/t8-/m1/s1. The Morgan fingerprint density at radius 1 is 1.56 bits per heavy atom. The number of nitrogens with one attached hydrogen (secondary N) is 1. The monoisotopic (exact) mass is 268 g/mol. The zero-order valence-corrected chi connectivity index (χ0v) is 10.8. The normalized spacial score (nSPS) is 20.6. The lowest BCUT2D eigenvalue weighted by Crippen LogP contribution is -2.50. The van der Waals surface area contributed by atoms with Crippen molar-refractivity contribution in [2.45, 2.75) is 13.0 Å². The number of rotatable bonds is 1. The molecule has 1 atom stereocenters. The van der Waals surface area contributed by atoms with Gasteiger partial charge in [-0.3, -0.25) is 0 Å². The van der Waals surface area contributed by atoms with E-state index in [0.717, 1.165) is 25.3 Å². The van der Waals surface area contributed by atoms with Crippen molar-refractivity contribution in [2.75, 3.05) is 24.5 Å². The fraction of sp³-hybridized carbons (Fsp3) is 0.385. The molecule has 3 nitrogen and oxygen atoms in total. The van der Waals surface area contributed by atoms with Crippen LogP contribution in [0.3, 0.4) is 0 Å². The van der Waals surface area contributed by atoms with Gasteiger partial charge in [0, 0.05) is 37.1 Å². The Balaban J connectivity index is 2.16. The summed E-state index contributed by atoms with van der Waals surface area (Å²) < 4.78 is 19.3. The average Bonchev–Trinajstić information content (AvgIpc) is 2.84. The van der Waals surface area contributed by atoms with Crippen molar-refractivity contribution in [3.8, 4) is 0 Å². The van der Waals surface area contributed by atoms with E-state index >= 15 is 0 Å². The van der Waals surface area contributed by atoms with Crippen LogP contribution in [0.15, 0.2) is 22.8 Å². The highest BCUT2D eigenvalue weighted by atomic mass is 35.5. The highest BCUT2D eigenvalue weighted by Gasteiger charge is 2.23. The second-order valence-electron chi connectivity index (χ2n) is 4.60. The molecular formula is C13H14ClFN2O. The zero-order chi connectivity index (χ0) is 12.7. The van der Waals surface area contributed by atoms with Crippen LogP contribution in [-0.2, 0) is 0 Å². The SMILES string of the molecule is C[C@@H]1CNCCN1c1cc(F)c(Cl)c2ccoc12. The molecule has 1 aromatic heterocycles. The molecule has 1 N–H and O–H groups in total. The molecule has 1 aliphatic heterocycles. The van der Waals surface area contributed by atoms with E-state index in [1.807, 2.05) is 0 Å². The Morgan fingerprint density at radius 3 is 3.17 bits per heavy atom. The van der Waals surface area contributed by atoms with Gasteiger partial charge < -0.3 is 14.6 Å². The molecule has 0 radical (unpaired) electrons. The largest absolute Gasteiger partial charge is 0.462 e. The Kier molecular flexibility index (Phi) is 2.92. The molecule has 96 valence electrons. The first-order chi connectivity index (χ1) is 8.68. The Hall–Kier alpha value is -1.26. The van der Waals surface area contributed by atoms with Crippen molar-refractivity contribution in [3.63, 3.8) is 0 Å². The van der Waals surface area contributed by atoms with E-state index in [1.54, 1.807) is 12.3 Å². The lowest BCUT2D eigenvalue weighted by molar-refractivity contribution is 0.497. The molecule has 0 aliphatic carbocycles. The molecule has 1 saturated heterocycles. The quantitative estimate of drug-likeness (QED) is 0.862. The molecular weight excluding hydrogens is 255 g/mol. The predicted molar refractivity (Wildman–Crippen MR) is 70.9 cm³/mol. The van der Waals surface area contributed by atoms with Crippen LogP contribution in [0.5, 0.6) is 0 Å². The van der Waals surface area contributed by atoms with Crippen LogP contribution in [0.1, 0.15) is 6.92 Å². The van der Waals surface area contributed by atoms with Crippen molar-refractivity contribution in [2.24, 2.45) is 0 Å². The third-order valence-corrected chi connectivity index (χ3v) is 3.80. The number of hydrogen-bond donors (Lipinski definition) is 1. The molecule has 18 heavy (non-hydrogen) atoms. The Labute approximate surface area is 110 Å². The number of benzene rings is 1. The van der Waals surface area contributed by atoms with Gasteiger partial charge in [-0.2, -0.15) is 0 Å². The zero-order valence-electron chi connectivity index (χ0n) is 10.0. The van der Waals surface area contributed by atoms with Crippen LogP contribution in [0.25, 0.3) is 11.0 Å². The average molecular weight is 269 g/mol. The third-order valence-electron chi connectivity index (χ3n) is 3.42. The summed E-state index contributed by atoms with van der Waals surface area (Å²) in [7, 11) is 0. The Morgan fingerprint density at radius 2 is 2.39 bits per heavy atom. The van der Waals surface area contributed by atoms with E-state index in [0.29, 0.717) is 17.0 Å². The molecule has 3 rings (SSSR count). The number of furan rings is 1.